The molecule has 4 rings (SSSR count). The van der Waals surface area contributed by atoms with Crippen molar-refractivity contribution in [1.29, 1.82) is 0 Å². The molecule has 3 nitrogen and oxygen atoms in total. The molecular weight excluding hydrogens is 258 g/mol. The van der Waals surface area contributed by atoms with Gasteiger partial charge in [0.2, 0.25) is 0 Å². The Balaban J connectivity index is 1.68. The molecule has 1 saturated carbocycles. The molecule has 0 bridgehead atoms. The minimum atomic E-state index is 0.727. The molecule has 1 aliphatic carbocycles. The van der Waals surface area contributed by atoms with E-state index in [1.807, 2.05) is 6.20 Å². The van der Waals surface area contributed by atoms with Crippen LogP contribution in [0, 0.1) is 6.92 Å². The third kappa shape index (κ3) is 2.54. The number of aryl methyl sites for hydroxylation is 1. The standard InChI is InChI=1S/C18H21N3/c1-13-10-18(15(11-19-13)12-20-16-6-7-16)21-9-8-14-4-2-3-5-17(14)21/h2-5,10-11,16,20H,6-9,12H2,1H3. The zero-order valence-corrected chi connectivity index (χ0v) is 12.5. The van der Waals surface area contributed by atoms with E-state index in [4.69, 9.17) is 0 Å². The van der Waals surface area contributed by atoms with E-state index in [1.165, 1.54) is 35.3 Å². The molecule has 2 aliphatic rings. The number of fused-ring (bicyclic) bond motifs is 1. The topological polar surface area (TPSA) is 28.2 Å². The zero-order chi connectivity index (χ0) is 14.2. The number of aromatic nitrogens is 1. The fraction of sp³-hybridized carbons (Fsp3) is 0.389. The third-order valence-electron chi connectivity index (χ3n) is 4.44. The quantitative estimate of drug-likeness (QED) is 0.930. The van der Waals surface area contributed by atoms with Gasteiger partial charge in [-0.2, -0.15) is 0 Å². The lowest BCUT2D eigenvalue weighted by atomic mass is 10.1. The molecular formula is C18H21N3. The lowest BCUT2D eigenvalue weighted by Crippen LogP contribution is -2.20. The number of nitrogens with one attached hydrogen (secondary N) is 1. The molecule has 108 valence electrons. The van der Waals surface area contributed by atoms with Crippen LogP contribution in [0.25, 0.3) is 0 Å². The number of benzene rings is 1. The second-order valence-electron chi connectivity index (χ2n) is 6.14. The van der Waals surface area contributed by atoms with Crippen LogP contribution in [-0.4, -0.2) is 17.6 Å². The summed E-state index contributed by atoms with van der Waals surface area (Å²) < 4.78 is 0. The maximum atomic E-state index is 4.50. The van der Waals surface area contributed by atoms with E-state index in [0.717, 1.165) is 31.2 Å². The SMILES string of the molecule is Cc1cc(N2CCc3ccccc32)c(CNC2CC2)cn1. The average molecular weight is 279 g/mol. The Morgan fingerprint density at radius 2 is 2.10 bits per heavy atom. The van der Waals surface area contributed by atoms with E-state index in [1.54, 1.807) is 0 Å². The van der Waals surface area contributed by atoms with Crippen LogP contribution in [-0.2, 0) is 13.0 Å². The highest BCUT2D eigenvalue weighted by Crippen LogP contribution is 2.36. The first-order valence-electron chi connectivity index (χ1n) is 7.85. The number of anilines is 2. The molecule has 3 heteroatoms. The normalized spacial score (nSPS) is 17.1. The van der Waals surface area contributed by atoms with Crippen LogP contribution >= 0.6 is 0 Å². The summed E-state index contributed by atoms with van der Waals surface area (Å²) in [4.78, 5) is 6.95. The van der Waals surface area contributed by atoms with Crippen molar-refractivity contribution >= 4 is 11.4 Å². The maximum absolute atomic E-state index is 4.50. The predicted molar refractivity (Wildman–Crippen MR) is 86.0 cm³/mol. The number of rotatable bonds is 4. The van der Waals surface area contributed by atoms with Gasteiger partial charge in [0.05, 0.1) is 0 Å². The summed E-state index contributed by atoms with van der Waals surface area (Å²) in [7, 11) is 0. The molecule has 0 amide bonds. The molecule has 0 unspecified atom stereocenters. The zero-order valence-electron chi connectivity index (χ0n) is 12.5. The monoisotopic (exact) mass is 279 g/mol. The van der Waals surface area contributed by atoms with Gasteiger partial charge in [-0.25, -0.2) is 0 Å². The summed E-state index contributed by atoms with van der Waals surface area (Å²) >= 11 is 0. The molecule has 1 aromatic heterocycles. The van der Waals surface area contributed by atoms with Crippen LogP contribution in [0.2, 0.25) is 0 Å². The number of nitrogens with zero attached hydrogens (tertiary/aromatic N) is 2. The summed E-state index contributed by atoms with van der Waals surface area (Å²) in [5, 5.41) is 3.61. The maximum Gasteiger partial charge on any atom is 0.0490 e. The van der Waals surface area contributed by atoms with Crippen LogP contribution in [0.3, 0.4) is 0 Å². The summed E-state index contributed by atoms with van der Waals surface area (Å²) in [5.74, 6) is 0. The van der Waals surface area contributed by atoms with E-state index in [0.29, 0.717) is 0 Å². The summed E-state index contributed by atoms with van der Waals surface area (Å²) in [5.41, 5.74) is 6.53. The molecule has 1 aliphatic heterocycles. The van der Waals surface area contributed by atoms with E-state index in [9.17, 15) is 0 Å². The fourth-order valence-electron chi connectivity index (χ4n) is 3.09. The predicted octanol–water partition coefficient (Wildman–Crippen LogP) is 3.34. The minimum absolute atomic E-state index is 0.727. The van der Waals surface area contributed by atoms with Crippen LogP contribution < -0.4 is 10.2 Å². The van der Waals surface area contributed by atoms with Gasteiger partial charge >= 0.3 is 0 Å². The molecule has 2 aromatic rings. The molecule has 0 atom stereocenters. The van der Waals surface area contributed by atoms with Gasteiger partial charge < -0.3 is 10.2 Å². The number of hydrogen-bond donors (Lipinski definition) is 1. The highest BCUT2D eigenvalue weighted by atomic mass is 15.2. The van der Waals surface area contributed by atoms with Crippen LogP contribution in [0.15, 0.2) is 36.5 Å². The molecule has 0 spiro atoms. The number of pyridine rings is 1. The molecule has 21 heavy (non-hydrogen) atoms. The summed E-state index contributed by atoms with van der Waals surface area (Å²) in [6.45, 7) is 4.06. The molecule has 0 radical (unpaired) electrons. The highest BCUT2D eigenvalue weighted by molar-refractivity contribution is 5.72. The Labute approximate surface area is 126 Å². The lowest BCUT2D eigenvalue weighted by molar-refractivity contribution is 0.684. The number of hydrogen-bond acceptors (Lipinski definition) is 3. The van der Waals surface area contributed by atoms with Crippen molar-refractivity contribution in [1.82, 2.24) is 10.3 Å². The van der Waals surface area contributed by atoms with Gasteiger partial charge in [-0.3, -0.25) is 4.98 Å². The van der Waals surface area contributed by atoms with Crippen LogP contribution in [0.4, 0.5) is 11.4 Å². The summed E-state index contributed by atoms with van der Waals surface area (Å²) in [6, 6.07) is 11.7. The Bertz CT molecular complexity index is 661. The van der Waals surface area contributed by atoms with Crippen molar-refractivity contribution < 1.29 is 0 Å². The van der Waals surface area contributed by atoms with E-state index >= 15 is 0 Å². The highest BCUT2D eigenvalue weighted by Gasteiger charge is 2.24. The fourth-order valence-corrected chi connectivity index (χ4v) is 3.09. The first kappa shape index (κ1) is 12.8. The number of para-hydroxylation sites is 1. The van der Waals surface area contributed by atoms with Gasteiger partial charge in [0.15, 0.2) is 0 Å². The van der Waals surface area contributed by atoms with Crippen molar-refractivity contribution in [2.45, 2.75) is 38.8 Å². The van der Waals surface area contributed by atoms with Crippen molar-refractivity contribution in [2.75, 3.05) is 11.4 Å². The smallest absolute Gasteiger partial charge is 0.0490 e. The first-order valence-corrected chi connectivity index (χ1v) is 7.85. The second kappa shape index (κ2) is 5.15. The Hall–Kier alpha value is -1.87. The Kier molecular flexibility index (Phi) is 3.15. The second-order valence-corrected chi connectivity index (χ2v) is 6.14. The molecule has 2 heterocycles. The molecule has 1 fully saturated rings. The first-order chi connectivity index (χ1) is 10.3. The lowest BCUT2D eigenvalue weighted by Gasteiger charge is -2.23. The van der Waals surface area contributed by atoms with Gasteiger partial charge in [0.25, 0.3) is 0 Å². The average Bonchev–Trinajstić information content (AvgIpc) is 3.23. The largest absolute Gasteiger partial charge is 0.341 e. The Morgan fingerprint density at radius 1 is 1.24 bits per heavy atom. The van der Waals surface area contributed by atoms with E-state index in [2.05, 4.69) is 52.5 Å². The van der Waals surface area contributed by atoms with Gasteiger partial charge in [-0.1, -0.05) is 18.2 Å². The molecule has 0 saturated heterocycles. The van der Waals surface area contributed by atoms with Crippen LogP contribution in [0.5, 0.6) is 0 Å². The van der Waals surface area contributed by atoms with E-state index < -0.39 is 0 Å². The molecule has 1 aromatic carbocycles. The van der Waals surface area contributed by atoms with Gasteiger partial charge in [-0.15, -0.1) is 0 Å². The minimum Gasteiger partial charge on any atom is -0.341 e. The third-order valence-corrected chi connectivity index (χ3v) is 4.44. The van der Waals surface area contributed by atoms with Crippen molar-refractivity contribution in [3.8, 4) is 0 Å². The van der Waals surface area contributed by atoms with Gasteiger partial charge in [-0.05, 0) is 43.9 Å². The molecule has 1 N–H and O–H groups in total. The Morgan fingerprint density at radius 3 is 2.95 bits per heavy atom. The van der Waals surface area contributed by atoms with E-state index in [-0.39, 0.29) is 0 Å². The summed E-state index contributed by atoms with van der Waals surface area (Å²) in [6.07, 6.45) is 5.82. The van der Waals surface area contributed by atoms with Crippen molar-refractivity contribution in [2.24, 2.45) is 0 Å². The van der Waals surface area contributed by atoms with Gasteiger partial charge in [0.1, 0.15) is 0 Å². The van der Waals surface area contributed by atoms with Crippen molar-refractivity contribution in [3.63, 3.8) is 0 Å². The van der Waals surface area contributed by atoms with Gasteiger partial charge in [0, 0.05) is 48.0 Å². The van der Waals surface area contributed by atoms with Crippen LogP contribution in [0.1, 0.15) is 29.7 Å². The van der Waals surface area contributed by atoms with Crippen molar-refractivity contribution in [3.05, 3.63) is 53.3 Å².